The van der Waals surface area contributed by atoms with E-state index in [-0.39, 0.29) is 22.6 Å². The summed E-state index contributed by atoms with van der Waals surface area (Å²) in [4.78, 5) is 29.2. The molecule has 1 N–H and O–H groups in total. The van der Waals surface area contributed by atoms with Gasteiger partial charge in [-0.1, -0.05) is 19.1 Å². The highest BCUT2D eigenvalue weighted by Crippen LogP contribution is 2.47. The summed E-state index contributed by atoms with van der Waals surface area (Å²) in [6, 6.07) is 12.6. The molecule has 0 aromatic heterocycles. The molecule has 0 aliphatic carbocycles. The maximum Gasteiger partial charge on any atom is 0.321 e. The van der Waals surface area contributed by atoms with Gasteiger partial charge < -0.3 is 29.3 Å². The molecule has 0 saturated carbocycles. The van der Waals surface area contributed by atoms with E-state index >= 15 is 0 Å². The van der Waals surface area contributed by atoms with E-state index in [4.69, 9.17) is 14.2 Å². The third-order valence-corrected chi connectivity index (χ3v) is 7.21. The van der Waals surface area contributed by atoms with E-state index in [1.54, 1.807) is 57.2 Å². The van der Waals surface area contributed by atoms with Gasteiger partial charge in [0.1, 0.15) is 22.6 Å². The number of urea groups is 1. The molecule has 9 heteroatoms. The molecular weight excluding hydrogens is 442 g/mol. The van der Waals surface area contributed by atoms with Crippen molar-refractivity contribution in [3.8, 4) is 17.2 Å². The van der Waals surface area contributed by atoms with Gasteiger partial charge in [-0.2, -0.15) is 0 Å². The lowest BCUT2D eigenvalue weighted by atomic mass is 10.1. The number of ether oxygens (including phenoxy) is 3. The summed E-state index contributed by atoms with van der Waals surface area (Å²) in [5, 5.41) is 2.50. The molecule has 1 fully saturated rings. The van der Waals surface area contributed by atoms with E-state index < -0.39 is 0 Å². The Morgan fingerprint density at radius 2 is 1.82 bits per heavy atom. The van der Waals surface area contributed by atoms with Crippen LogP contribution in [-0.4, -0.2) is 68.5 Å². The normalized spacial score (nSPS) is 17.6. The number of methoxy groups -OCH3 is 3. The standard InChI is InChI=1S/C24H31N3O5S/c1-6-21-22(28)27(23(33-21)17-15-16(30-3)11-12-19(17)31-4)14-13-26(2)24(29)25-18-9-7-8-10-20(18)32-5/h7-12,15,21,23H,6,13-14H2,1-5H3,(H,25,29)/t21-,23+/m0/s1. The van der Waals surface area contributed by atoms with Crippen LogP contribution in [0.1, 0.15) is 24.3 Å². The van der Waals surface area contributed by atoms with Crippen LogP contribution in [0.3, 0.4) is 0 Å². The Morgan fingerprint density at radius 1 is 1.09 bits per heavy atom. The number of amides is 3. The average molecular weight is 474 g/mol. The fourth-order valence-corrected chi connectivity index (χ4v) is 5.12. The first-order valence-corrected chi connectivity index (χ1v) is 11.7. The third-order valence-electron chi connectivity index (χ3n) is 5.58. The lowest BCUT2D eigenvalue weighted by Crippen LogP contribution is -2.40. The van der Waals surface area contributed by atoms with E-state index in [0.717, 1.165) is 12.0 Å². The molecule has 33 heavy (non-hydrogen) atoms. The molecule has 2 aromatic carbocycles. The van der Waals surface area contributed by atoms with Crippen molar-refractivity contribution in [3.05, 3.63) is 48.0 Å². The maximum atomic E-state index is 13.1. The molecule has 2 atom stereocenters. The highest BCUT2D eigenvalue weighted by Gasteiger charge is 2.41. The van der Waals surface area contributed by atoms with E-state index in [1.165, 1.54) is 0 Å². The first kappa shape index (κ1) is 24.6. The van der Waals surface area contributed by atoms with Crippen molar-refractivity contribution in [1.29, 1.82) is 0 Å². The van der Waals surface area contributed by atoms with Crippen LogP contribution in [-0.2, 0) is 4.79 Å². The van der Waals surface area contributed by atoms with E-state index in [9.17, 15) is 9.59 Å². The number of thioether (sulfide) groups is 1. The van der Waals surface area contributed by atoms with Gasteiger partial charge in [0, 0.05) is 25.7 Å². The Morgan fingerprint density at radius 3 is 2.48 bits per heavy atom. The first-order chi connectivity index (χ1) is 15.9. The predicted octanol–water partition coefficient (Wildman–Crippen LogP) is 4.23. The predicted molar refractivity (Wildman–Crippen MR) is 130 cm³/mol. The van der Waals surface area contributed by atoms with Gasteiger partial charge in [-0.3, -0.25) is 4.79 Å². The highest BCUT2D eigenvalue weighted by atomic mass is 32.2. The summed E-state index contributed by atoms with van der Waals surface area (Å²) in [5.41, 5.74) is 1.47. The molecule has 0 radical (unpaired) electrons. The molecule has 1 heterocycles. The van der Waals surface area contributed by atoms with Crippen LogP contribution in [0.4, 0.5) is 10.5 Å². The van der Waals surface area contributed by atoms with Gasteiger partial charge in [-0.25, -0.2) is 4.79 Å². The average Bonchev–Trinajstić information content (AvgIpc) is 3.17. The molecule has 3 amide bonds. The van der Waals surface area contributed by atoms with Crippen LogP contribution in [0.25, 0.3) is 0 Å². The Hall–Kier alpha value is -3.07. The third kappa shape index (κ3) is 5.47. The van der Waals surface area contributed by atoms with Gasteiger partial charge >= 0.3 is 6.03 Å². The van der Waals surface area contributed by atoms with Gasteiger partial charge in [-0.15, -0.1) is 11.8 Å². The highest BCUT2D eigenvalue weighted by molar-refractivity contribution is 8.01. The monoisotopic (exact) mass is 473 g/mol. The molecule has 2 aromatic rings. The summed E-state index contributed by atoms with van der Waals surface area (Å²) in [5.74, 6) is 2.05. The molecule has 178 valence electrons. The Bertz CT molecular complexity index is 986. The van der Waals surface area contributed by atoms with Gasteiger partial charge in [0.2, 0.25) is 5.91 Å². The Labute approximate surface area is 199 Å². The minimum Gasteiger partial charge on any atom is -0.497 e. The van der Waals surface area contributed by atoms with Crippen molar-refractivity contribution in [2.24, 2.45) is 0 Å². The summed E-state index contributed by atoms with van der Waals surface area (Å²) in [6.07, 6.45) is 0.729. The quantitative estimate of drug-likeness (QED) is 0.587. The van der Waals surface area contributed by atoms with Crippen LogP contribution in [0.15, 0.2) is 42.5 Å². The number of anilines is 1. The number of nitrogens with zero attached hydrogens (tertiary/aromatic N) is 2. The zero-order valence-corrected chi connectivity index (χ0v) is 20.5. The van der Waals surface area contributed by atoms with Crippen molar-refractivity contribution >= 4 is 29.4 Å². The zero-order valence-electron chi connectivity index (χ0n) is 19.7. The lowest BCUT2D eigenvalue weighted by Gasteiger charge is -2.28. The summed E-state index contributed by atoms with van der Waals surface area (Å²) in [6.45, 7) is 2.77. The van der Waals surface area contributed by atoms with Crippen LogP contribution in [0.5, 0.6) is 17.2 Å². The molecule has 1 aliphatic heterocycles. The number of carbonyl (C=O) groups is 2. The van der Waals surface area contributed by atoms with Gasteiger partial charge in [-0.05, 0) is 36.8 Å². The number of hydrogen-bond acceptors (Lipinski definition) is 6. The Kier molecular flexibility index (Phi) is 8.32. The minimum atomic E-state index is -0.277. The molecule has 3 rings (SSSR count). The second-order valence-electron chi connectivity index (χ2n) is 7.58. The SMILES string of the molecule is CC[C@@H]1S[C@H](c2cc(OC)ccc2OC)N(CCN(C)C(=O)Nc2ccccc2OC)C1=O. The molecular formula is C24H31N3O5S. The molecule has 1 aliphatic rings. The van der Waals surface area contributed by atoms with Gasteiger partial charge in [0.05, 0.1) is 32.3 Å². The number of hydrogen-bond donors (Lipinski definition) is 1. The fourth-order valence-electron chi connectivity index (χ4n) is 3.68. The Balaban J connectivity index is 1.75. The van der Waals surface area contributed by atoms with Crippen molar-refractivity contribution in [3.63, 3.8) is 0 Å². The second kappa shape index (κ2) is 11.2. The van der Waals surface area contributed by atoms with Crippen LogP contribution in [0.2, 0.25) is 0 Å². The zero-order chi connectivity index (χ0) is 24.0. The number of rotatable bonds is 9. The maximum absolute atomic E-state index is 13.1. The van der Waals surface area contributed by atoms with Gasteiger partial charge in [0.25, 0.3) is 0 Å². The number of benzene rings is 2. The van der Waals surface area contributed by atoms with Gasteiger partial charge in [0.15, 0.2) is 0 Å². The number of carbonyl (C=O) groups excluding carboxylic acids is 2. The van der Waals surface area contributed by atoms with Crippen molar-refractivity contribution in [2.45, 2.75) is 24.0 Å². The summed E-state index contributed by atoms with van der Waals surface area (Å²) < 4.78 is 16.3. The lowest BCUT2D eigenvalue weighted by molar-refractivity contribution is -0.130. The number of para-hydroxylation sites is 2. The fraction of sp³-hybridized carbons (Fsp3) is 0.417. The van der Waals surface area contributed by atoms with E-state index in [1.807, 2.05) is 42.2 Å². The van der Waals surface area contributed by atoms with Crippen molar-refractivity contribution in [1.82, 2.24) is 9.80 Å². The second-order valence-corrected chi connectivity index (χ2v) is 8.86. The number of nitrogens with one attached hydrogen (secondary N) is 1. The van der Waals surface area contributed by atoms with Crippen LogP contribution >= 0.6 is 11.8 Å². The molecule has 0 spiro atoms. The molecule has 0 unspecified atom stereocenters. The number of likely N-dealkylation sites (N-methyl/N-ethyl adjacent to an activating group) is 1. The van der Waals surface area contributed by atoms with E-state index in [0.29, 0.717) is 36.0 Å². The minimum absolute atomic E-state index is 0.0657. The topological polar surface area (TPSA) is 80.3 Å². The van der Waals surface area contributed by atoms with Crippen LogP contribution in [0, 0.1) is 0 Å². The summed E-state index contributed by atoms with van der Waals surface area (Å²) in [7, 11) is 6.49. The first-order valence-electron chi connectivity index (χ1n) is 10.8. The van der Waals surface area contributed by atoms with Crippen molar-refractivity contribution < 1.29 is 23.8 Å². The molecule has 0 bridgehead atoms. The molecule has 8 nitrogen and oxygen atoms in total. The van der Waals surface area contributed by atoms with Crippen molar-refractivity contribution in [2.75, 3.05) is 46.8 Å². The summed E-state index contributed by atoms with van der Waals surface area (Å²) >= 11 is 1.60. The van der Waals surface area contributed by atoms with Crippen LogP contribution < -0.4 is 19.5 Å². The largest absolute Gasteiger partial charge is 0.497 e. The smallest absolute Gasteiger partial charge is 0.321 e. The van der Waals surface area contributed by atoms with E-state index in [2.05, 4.69) is 5.32 Å². The molecule has 1 saturated heterocycles.